The summed E-state index contributed by atoms with van der Waals surface area (Å²) >= 11 is 0. The number of rotatable bonds is 3. The van der Waals surface area contributed by atoms with Gasteiger partial charge in [-0.1, -0.05) is 0 Å². The number of aliphatic carboxylic acids is 2. The molecule has 0 saturated carbocycles. The normalized spacial score (nSPS) is 11.7. The Bertz CT molecular complexity index is 204. The number of hydrogen-bond acceptors (Lipinski definition) is 3. The van der Waals surface area contributed by atoms with E-state index in [1.807, 2.05) is 0 Å². The zero-order valence-corrected chi connectivity index (χ0v) is 6.97. The van der Waals surface area contributed by atoms with Gasteiger partial charge >= 0.3 is 40.2 Å². The van der Waals surface area contributed by atoms with E-state index in [2.05, 4.69) is 0 Å². The molecular weight excluding hydrogens is 296 g/mol. The third-order valence-electron chi connectivity index (χ3n) is 0.919. The minimum Gasteiger partial charge on any atom is -0.544 e. The van der Waals surface area contributed by atoms with E-state index in [0.29, 0.717) is 0 Å². The van der Waals surface area contributed by atoms with Gasteiger partial charge in [0.2, 0.25) is 0 Å². The van der Waals surface area contributed by atoms with Gasteiger partial charge in [0.1, 0.15) is 5.97 Å². The summed E-state index contributed by atoms with van der Waals surface area (Å²) in [7, 11) is 0. The Morgan fingerprint density at radius 1 is 1.08 bits per heavy atom. The largest absolute Gasteiger partial charge is 1.00 e. The molecule has 0 aromatic rings. The van der Waals surface area contributed by atoms with Crippen LogP contribution in [0, 0.1) is 0 Å². The first kappa shape index (κ1) is 14.9. The number of halogens is 4. The van der Waals surface area contributed by atoms with Crippen LogP contribution >= 0.6 is 0 Å². The first-order valence-electron chi connectivity index (χ1n) is 2.34. The number of carbonyl (C=O) groups is 2. The number of carboxylic acid groups (broad SMARTS) is 2. The molecule has 1 N–H and O–H groups in total. The number of hydrogen-bond donors (Lipinski definition) is 1. The molecular formula is C4HAgF4O4. The van der Waals surface area contributed by atoms with E-state index in [-0.39, 0.29) is 22.4 Å². The van der Waals surface area contributed by atoms with Crippen molar-refractivity contribution in [3.8, 4) is 0 Å². The minimum absolute atomic E-state index is 0. The maximum Gasteiger partial charge on any atom is 1.00 e. The van der Waals surface area contributed by atoms with Gasteiger partial charge in [-0.05, 0) is 0 Å². The van der Waals surface area contributed by atoms with Gasteiger partial charge in [-0.2, -0.15) is 17.6 Å². The summed E-state index contributed by atoms with van der Waals surface area (Å²) in [4.78, 5) is 18.8. The molecule has 13 heavy (non-hydrogen) atoms. The van der Waals surface area contributed by atoms with Crippen LogP contribution < -0.4 is 5.11 Å². The molecule has 0 aromatic carbocycles. The Hall–Kier alpha value is -0.600. The molecule has 0 aliphatic heterocycles. The van der Waals surface area contributed by atoms with Gasteiger partial charge in [0.15, 0.2) is 0 Å². The Kier molecular flexibility index (Phi) is 4.67. The fourth-order valence-corrected chi connectivity index (χ4v) is 0.262. The van der Waals surface area contributed by atoms with E-state index < -0.39 is 23.8 Å². The Morgan fingerprint density at radius 3 is 1.46 bits per heavy atom. The molecule has 0 amide bonds. The van der Waals surface area contributed by atoms with Crippen LogP contribution in [0.2, 0.25) is 0 Å². The molecule has 80 valence electrons. The predicted octanol–water partition coefficient (Wildman–Crippen LogP) is -0.911. The molecule has 0 atom stereocenters. The molecule has 0 bridgehead atoms. The van der Waals surface area contributed by atoms with Crippen molar-refractivity contribution < 1.29 is 59.7 Å². The predicted molar refractivity (Wildman–Crippen MR) is 22.5 cm³/mol. The van der Waals surface area contributed by atoms with Crippen molar-refractivity contribution in [3.05, 3.63) is 0 Å². The molecule has 0 saturated heterocycles. The van der Waals surface area contributed by atoms with Gasteiger partial charge in [0.25, 0.3) is 0 Å². The van der Waals surface area contributed by atoms with Gasteiger partial charge in [0, 0.05) is 0 Å². The molecule has 4 nitrogen and oxygen atoms in total. The van der Waals surface area contributed by atoms with Gasteiger partial charge in [-0.25, -0.2) is 4.79 Å². The Labute approximate surface area is 84.0 Å². The summed E-state index contributed by atoms with van der Waals surface area (Å²) in [5, 5.41) is 16.9. The summed E-state index contributed by atoms with van der Waals surface area (Å²) in [6.45, 7) is 0. The molecule has 0 aliphatic rings. The van der Waals surface area contributed by atoms with E-state index in [4.69, 9.17) is 5.11 Å². The number of alkyl halides is 4. The van der Waals surface area contributed by atoms with Crippen molar-refractivity contribution in [2.45, 2.75) is 11.8 Å². The minimum atomic E-state index is -5.71. The van der Waals surface area contributed by atoms with Crippen LogP contribution in [-0.4, -0.2) is 28.9 Å². The summed E-state index contributed by atoms with van der Waals surface area (Å²) in [5.41, 5.74) is 0. The van der Waals surface area contributed by atoms with Gasteiger partial charge in [-0.15, -0.1) is 0 Å². The fraction of sp³-hybridized carbons (Fsp3) is 0.500. The number of carboxylic acids is 2. The van der Waals surface area contributed by atoms with Crippen LogP contribution in [0.15, 0.2) is 0 Å². The Balaban J connectivity index is 0. The van der Waals surface area contributed by atoms with Crippen molar-refractivity contribution in [2.75, 3.05) is 0 Å². The summed E-state index contributed by atoms with van der Waals surface area (Å²) in [6, 6.07) is 0. The summed E-state index contributed by atoms with van der Waals surface area (Å²) < 4.78 is 47.2. The monoisotopic (exact) mass is 296 g/mol. The smallest absolute Gasteiger partial charge is 0.544 e. The summed E-state index contributed by atoms with van der Waals surface area (Å²) in [6.07, 6.45) is 0. The van der Waals surface area contributed by atoms with Gasteiger partial charge in [-0.3, -0.25) is 0 Å². The molecule has 0 fully saturated rings. The quantitative estimate of drug-likeness (QED) is 0.540. The zero-order chi connectivity index (χ0) is 10.2. The molecule has 0 rings (SSSR count). The molecule has 9 heteroatoms. The van der Waals surface area contributed by atoms with Crippen LogP contribution in [0.4, 0.5) is 17.6 Å². The van der Waals surface area contributed by atoms with Gasteiger partial charge < -0.3 is 15.0 Å². The van der Waals surface area contributed by atoms with Crippen molar-refractivity contribution in [1.29, 1.82) is 0 Å². The first-order valence-corrected chi connectivity index (χ1v) is 2.34. The Morgan fingerprint density at radius 2 is 1.38 bits per heavy atom. The third kappa shape index (κ3) is 2.42. The second-order valence-electron chi connectivity index (χ2n) is 1.74. The van der Waals surface area contributed by atoms with Gasteiger partial charge in [0.05, 0.1) is 0 Å². The van der Waals surface area contributed by atoms with Crippen molar-refractivity contribution >= 4 is 11.9 Å². The topological polar surface area (TPSA) is 77.4 Å². The van der Waals surface area contributed by atoms with Crippen LogP contribution in [0.1, 0.15) is 0 Å². The molecule has 0 aromatic heterocycles. The van der Waals surface area contributed by atoms with E-state index in [0.717, 1.165) is 0 Å². The van der Waals surface area contributed by atoms with E-state index in [1.165, 1.54) is 0 Å². The van der Waals surface area contributed by atoms with Crippen LogP contribution in [-0.2, 0) is 32.0 Å². The van der Waals surface area contributed by atoms with E-state index >= 15 is 0 Å². The molecule has 0 radical (unpaired) electrons. The van der Waals surface area contributed by atoms with Crippen molar-refractivity contribution in [1.82, 2.24) is 0 Å². The zero-order valence-electron chi connectivity index (χ0n) is 5.49. The third-order valence-corrected chi connectivity index (χ3v) is 0.919. The molecule has 0 aliphatic carbocycles. The van der Waals surface area contributed by atoms with Crippen LogP contribution in [0.3, 0.4) is 0 Å². The fourth-order valence-electron chi connectivity index (χ4n) is 0.262. The summed E-state index contributed by atoms with van der Waals surface area (Å²) in [5.74, 6) is -18.0. The SMILES string of the molecule is O=C([O-])C(F)(F)C(F)(F)C(=O)O.[Ag+]. The van der Waals surface area contributed by atoms with Crippen molar-refractivity contribution in [2.24, 2.45) is 0 Å². The molecule has 0 spiro atoms. The van der Waals surface area contributed by atoms with E-state index in [9.17, 15) is 32.3 Å². The second-order valence-corrected chi connectivity index (χ2v) is 1.74. The standard InChI is InChI=1S/C4H2F4O4.Ag/c5-3(6,1(9)10)4(7,8)2(11)12;/h(H,9,10)(H,11,12);/q;+1/p-1. The number of carbonyl (C=O) groups excluding carboxylic acids is 1. The van der Waals surface area contributed by atoms with Crippen molar-refractivity contribution in [3.63, 3.8) is 0 Å². The molecule has 0 heterocycles. The van der Waals surface area contributed by atoms with E-state index in [1.54, 1.807) is 0 Å². The molecule has 0 unspecified atom stereocenters. The second kappa shape index (κ2) is 4.07. The van der Waals surface area contributed by atoms with Crippen LogP contribution in [0.5, 0.6) is 0 Å². The average Bonchev–Trinajstić information content (AvgIpc) is 1.86. The maximum atomic E-state index is 11.8. The average molecular weight is 297 g/mol. The van der Waals surface area contributed by atoms with Crippen LogP contribution in [0.25, 0.3) is 0 Å². The first-order chi connectivity index (χ1) is 5.14. The maximum absolute atomic E-state index is 11.8.